The van der Waals surface area contributed by atoms with Crippen LogP contribution in [-0.2, 0) is 11.2 Å². The van der Waals surface area contributed by atoms with E-state index in [0.29, 0.717) is 23.3 Å². The Kier molecular flexibility index (Phi) is 9.91. The molecule has 0 aliphatic heterocycles. The highest BCUT2D eigenvalue weighted by molar-refractivity contribution is 5.82. The maximum atomic E-state index is 12.5. The normalized spacial score (nSPS) is 17.8. The highest BCUT2D eigenvalue weighted by atomic mass is 16.7. The number of methoxy groups -OCH3 is 1. The largest absolute Gasteiger partial charge is 0.496 e. The van der Waals surface area contributed by atoms with Gasteiger partial charge < -0.3 is 25.0 Å². The highest BCUT2D eigenvalue weighted by Gasteiger charge is 2.29. The summed E-state index contributed by atoms with van der Waals surface area (Å²) in [7, 11) is 5.85. The maximum Gasteiger partial charge on any atom is 0.426 e. The van der Waals surface area contributed by atoms with Gasteiger partial charge in [0, 0.05) is 12.1 Å². The van der Waals surface area contributed by atoms with Crippen LogP contribution in [0.2, 0.25) is 0 Å². The second kappa shape index (κ2) is 13.7. The number of hydrogen-bond donors (Lipinski definition) is 2. The van der Waals surface area contributed by atoms with E-state index in [1.54, 1.807) is 18.2 Å². The standard InChI is InChI=1S/C29H37N5O5/c1-34(2)24(18-13-20-9-5-4-6-10-20)21-14-16-22(17-15-21)31-26(35)19-30-28(36)38-29-32-27(33-39-29)23-11-7-8-12-25(23)37-3/h4-12,21-22,24H,13-19H2,1-3H3,(H,30,36)(H,31,35). The average Bonchev–Trinajstić information content (AvgIpc) is 3.41. The molecule has 0 spiro atoms. The summed E-state index contributed by atoms with van der Waals surface area (Å²) in [6.45, 7) is -0.205. The van der Waals surface area contributed by atoms with Crippen LogP contribution in [0.4, 0.5) is 4.79 Å². The monoisotopic (exact) mass is 535 g/mol. The predicted octanol–water partition coefficient (Wildman–Crippen LogP) is 4.07. The number of carbonyl (C=O) groups is 2. The zero-order chi connectivity index (χ0) is 27.6. The third kappa shape index (κ3) is 8.03. The number of aryl methyl sites for hydroxylation is 1. The molecule has 1 aliphatic rings. The lowest BCUT2D eigenvalue weighted by molar-refractivity contribution is -0.121. The van der Waals surface area contributed by atoms with Crippen molar-refractivity contribution < 1.29 is 23.6 Å². The van der Waals surface area contributed by atoms with Crippen molar-refractivity contribution in [3.05, 3.63) is 60.2 Å². The predicted molar refractivity (Wildman–Crippen MR) is 146 cm³/mol. The molecule has 1 heterocycles. The lowest BCUT2D eigenvalue weighted by atomic mass is 9.79. The van der Waals surface area contributed by atoms with Gasteiger partial charge in [-0.15, -0.1) is 0 Å². The van der Waals surface area contributed by atoms with E-state index in [1.807, 2.05) is 12.1 Å². The van der Waals surface area contributed by atoms with E-state index in [-0.39, 0.29) is 30.4 Å². The van der Waals surface area contributed by atoms with E-state index in [4.69, 9.17) is 14.0 Å². The molecule has 0 saturated heterocycles. The zero-order valence-corrected chi connectivity index (χ0v) is 22.8. The van der Waals surface area contributed by atoms with Crippen molar-refractivity contribution in [2.45, 2.75) is 50.6 Å². The van der Waals surface area contributed by atoms with Crippen molar-refractivity contribution in [1.29, 1.82) is 0 Å². The first-order valence-electron chi connectivity index (χ1n) is 13.4. The molecule has 1 aliphatic carbocycles. The summed E-state index contributed by atoms with van der Waals surface area (Å²) in [6.07, 6.45) is 4.96. The van der Waals surface area contributed by atoms with Gasteiger partial charge in [0.15, 0.2) is 0 Å². The smallest absolute Gasteiger partial charge is 0.426 e. The summed E-state index contributed by atoms with van der Waals surface area (Å²) in [4.78, 5) is 31.0. The molecule has 2 aromatic carbocycles. The summed E-state index contributed by atoms with van der Waals surface area (Å²) in [5, 5.41) is 9.29. The lowest BCUT2D eigenvalue weighted by Crippen LogP contribution is -2.45. The second-order valence-electron chi connectivity index (χ2n) is 10.1. The van der Waals surface area contributed by atoms with Gasteiger partial charge >= 0.3 is 12.2 Å². The van der Waals surface area contributed by atoms with Crippen LogP contribution in [-0.4, -0.2) is 66.9 Å². The Bertz CT molecular complexity index is 1210. The molecule has 3 aromatic rings. The van der Waals surface area contributed by atoms with Crippen molar-refractivity contribution in [3.63, 3.8) is 0 Å². The van der Waals surface area contributed by atoms with Gasteiger partial charge in [-0.2, -0.15) is 4.98 Å². The van der Waals surface area contributed by atoms with Crippen molar-refractivity contribution in [1.82, 2.24) is 25.7 Å². The molecule has 0 radical (unpaired) electrons. The van der Waals surface area contributed by atoms with Gasteiger partial charge in [0.05, 0.1) is 12.7 Å². The number of benzene rings is 2. The molecule has 0 bridgehead atoms. The van der Waals surface area contributed by atoms with Crippen LogP contribution in [0.25, 0.3) is 11.4 Å². The number of nitrogens with zero attached hydrogens (tertiary/aromatic N) is 3. The van der Waals surface area contributed by atoms with E-state index in [0.717, 1.165) is 38.5 Å². The molecule has 1 saturated carbocycles. The molecule has 4 rings (SSSR count). The van der Waals surface area contributed by atoms with Crippen LogP contribution < -0.4 is 20.1 Å². The Hall–Kier alpha value is -3.92. The molecule has 1 unspecified atom stereocenters. The van der Waals surface area contributed by atoms with Crippen LogP contribution in [0.3, 0.4) is 0 Å². The first-order valence-corrected chi connectivity index (χ1v) is 13.4. The number of hydrogen-bond acceptors (Lipinski definition) is 8. The molecular weight excluding hydrogens is 498 g/mol. The van der Waals surface area contributed by atoms with E-state index in [2.05, 4.69) is 64.0 Å². The Morgan fingerprint density at radius 2 is 1.77 bits per heavy atom. The fraction of sp³-hybridized carbons (Fsp3) is 0.448. The van der Waals surface area contributed by atoms with E-state index < -0.39 is 6.09 Å². The number of para-hydroxylation sites is 1. The minimum atomic E-state index is -0.851. The van der Waals surface area contributed by atoms with E-state index in [9.17, 15) is 9.59 Å². The minimum Gasteiger partial charge on any atom is -0.496 e. The highest BCUT2D eigenvalue weighted by Crippen LogP contribution is 2.31. The molecule has 10 nitrogen and oxygen atoms in total. The van der Waals surface area contributed by atoms with Gasteiger partial charge in [0.25, 0.3) is 0 Å². The van der Waals surface area contributed by atoms with Crippen molar-refractivity contribution >= 4 is 12.0 Å². The van der Waals surface area contributed by atoms with Gasteiger partial charge in [0.2, 0.25) is 11.7 Å². The quantitative estimate of drug-likeness (QED) is 0.377. The number of nitrogens with one attached hydrogen (secondary N) is 2. The SMILES string of the molecule is COc1ccccc1-c1noc(OC(=O)NCC(=O)NC2CCC(C(CCc3ccccc3)N(C)C)CC2)n1. The lowest BCUT2D eigenvalue weighted by Gasteiger charge is -2.37. The van der Waals surface area contributed by atoms with Gasteiger partial charge in [-0.3, -0.25) is 9.32 Å². The fourth-order valence-electron chi connectivity index (χ4n) is 5.26. The minimum absolute atomic E-state index is 0.0999. The summed E-state index contributed by atoms with van der Waals surface area (Å²) >= 11 is 0. The summed E-state index contributed by atoms with van der Waals surface area (Å²) < 4.78 is 15.3. The fourth-order valence-corrected chi connectivity index (χ4v) is 5.26. The molecule has 1 atom stereocenters. The van der Waals surface area contributed by atoms with Crippen molar-refractivity contribution in [2.24, 2.45) is 5.92 Å². The number of aromatic nitrogens is 2. The first kappa shape index (κ1) is 28.1. The molecule has 2 amide bonds. The Morgan fingerprint density at radius 1 is 1.05 bits per heavy atom. The van der Waals surface area contributed by atoms with Crippen LogP contribution in [0.15, 0.2) is 59.1 Å². The topological polar surface area (TPSA) is 119 Å². The third-order valence-electron chi connectivity index (χ3n) is 7.24. The van der Waals surface area contributed by atoms with Gasteiger partial charge in [-0.1, -0.05) is 47.6 Å². The van der Waals surface area contributed by atoms with Crippen LogP contribution in [0.1, 0.15) is 37.7 Å². The average molecular weight is 536 g/mol. The molecule has 10 heteroatoms. The van der Waals surface area contributed by atoms with Crippen molar-refractivity contribution in [2.75, 3.05) is 27.7 Å². The Labute approximate surface area is 229 Å². The number of carbonyl (C=O) groups excluding carboxylic acids is 2. The third-order valence-corrected chi connectivity index (χ3v) is 7.24. The second-order valence-corrected chi connectivity index (χ2v) is 10.1. The summed E-state index contributed by atoms with van der Waals surface area (Å²) in [5.74, 6) is 1.12. The number of amides is 2. The van der Waals surface area contributed by atoms with Gasteiger partial charge in [0.1, 0.15) is 12.3 Å². The van der Waals surface area contributed by atoms with Crippen LogP contribution in [0, 0.1) is 5.92 Å². The molecule has 1 aromatic heterocycles. The Balaban J connectivity index is 1.17. The summed E-state index contributed by atoms with van der Waals surface area (Å²) in [5.41, 5.74) is 1.97. The van der Waals surface area contributed by atoms with Gasteiger partial charge in [-0.25, -0.2) is 4.79 Å². The van der Waals surface area contributed by atoms with Crippen LogP contribution in [0.5, 0.6) is 11.8 Å². The summed E-state index contributed by atoms with van der Waals surface area (Å²) in [6, 6.07) is 18.3. The molecule has 2 N–H and O–H groups in total. The van der Waals surface area contributed by atoms with E-state index in [1.165, 1.54) is 12.7 Å². The molecular formula is C29H37N5O5. The molecule has 39 heavy (non-hydrogen) atoms. The Morgan fingerprint density at radius 3 is 2.49 bits per heavy atom. The number of rotatable bonds is 11. The number of ether oxygens (including phenoxy) is 2. The molecule has 208 valence electrons. The van der Waals surface area contributed by atoms with Gasteiger partial charge in [-0.05, 0) is 76.2 Å². The van der Waals surface area contributed by atoms with Crippen molar-refractivity contribution in [3.8, 4) is 23.2 Å². The first-order chi connectivity index (χ1) is 18.9. The zero-order valence-electron chi connectivity index (χ0n) is 22.8. The maximum absolute atomic E-state index is 12.5. The van der Waals surface area contributed by atoms with E-state index >= 15 is 0 Å². The van der Waals surface area contributed by atoms with Crippen LogP contribution >= 0.6 is 0 Å². The molecule has 1 fully saturated rings.